The van der Waals surface area contributed by atoms with Crippen LogP contribution in [0.5, 0.6) is 0 Å². The molecule has 5 rings (SSSR count). The molecule has 31 heavy (non-hydrogen) atoms. The monoisotopic (exact) mass is 444 g/mol. The van der Waals surface area contributed by atoms with Gasteiger partial charge < -0.3 is 10.2 Å². The number of carbonyl (C=O) groups excluding carboxylic acids is 1. The number of halogens is 3. The topological polar surface area (TPSA) is 86.3 Å². The normalized spacial score (nSPS) is 16.2. The maximum atomic E-state index is 12.9. The minimum Gasteiger partial charge on any atom is -0.337 e. The summed E-state index contributed by atoms with van der Waals surface area (Å²) in [5, 5.41) is 12.1. The van der Waals surface area contributed by atoms with Crippen LogP contribution in [0.1, 0.15) is 23.3 Å². The van der Waals surface area contributed by atoms with Crippen LogP contribution in [0.4, 0.5) is 24.7 Å². The summed E-state index contributed by atoms with van der Waals surface area (Å²) in [5.41, 5.74) is 6.65. The van der Waals surface area contributed by atoms with Gasteiger partial charge in [0.15, 0.2) is 5.82 Å². The molecule has 1 aromatic carbocycles. The third-order valence-electron chi connectivity index (χ3n) is 5.38. The highest BCUT2D eigenvalue weighted by Gasteiger charge is 2.42. The van der Waals surface area contributed by atoms with Crippen LogP contribution in [0, 0.1) is 5.92 Å². The van der Waals surface area contributed by atoms with Crippen LogP contribution < -0.4 is 16.0 Å². The van der Waals surface area contributed by atoms with Gasteiger partial charge in [0.05, 0.1) is 16.8 Å². The van der Waals surface area contributed by atoms with Gasteiger partial charge in [0.1, 0.15) is 16.4 Å². The van der Waals surface area contributed by atoms with E-state index in [0.29, 0.717) is 21.9 Å². The van der Waals surface area contributed by atoms with Gasteiger partial charge in [-0.1, -0.05) is 0 Å². The van der Waals surface area contributed by atoms with E-state index in [1.165, 1.54) is 22.6 Å². The van der Waals surface area contributed by atoms with Gasteiger partial charge in [0, 0.05) is 24.2 Å². The van der Waals surface area contributed by atoms with E-state index in [4.69, 9.17) is 0 Å². The molecule has 1 saturated heterocycles. The maximum absolute atomic E-state index is 12.9. The van der Waals surface area contributed by atoms with Gasteiger partial charge in [-0.25, -0.2) is 4.99 Å². The number of alkyl halides is 3. The lowest BCUT2D eigenvalue weighted by Crippen LogP contribution is -2.42. The van der Waals surface area contributed by atoms with Crippen molar-refractivity contribution in [1.29, 1.82) is 0 Å². The summed E-state index contributed by atoms with van der Waals surface area (Å²) in [6.45, 7) is 0.157. The number of fused-ring (bicyclic) bond motifs is 2. The van der Waals surface area contributed by atoms with Gasteiger partial charge in [-0.05, 0) is 54.0 Å². The van der Waals surface area contributed by atoms with Crippen LogP contribution in [-0.4, -0.2) is 44.6 Å². The largest absolute Gasteiger partial charge is 0.391 e. The number of amides is 1. The van der Waals surface area contributed by atoms with Crippen molar-refractivity contribution in [3.05, 3.63) is 46.5 Å². The van der Waals surface area contributed by atoms with Gasteiger partial charge in [0.2, 0.25) is 0 Å². The van der Waals surface area contributed by atoms with Crippen LogP contribution in [-0.2, 0) is 0 Å². The van der Waals surface area contributed by atoms with Gasteiger partial charge in [-0.3, -0.25) is 9.89 Å². The van der Waals surface area contributed by atoms with Gasteiger partial charge in [-0.2, -0.15) is 22.6 Å². The van der Waals surface area contributed by atoms with Gasteiger partial charge in [-0.15, -0.1) is 0 Å². The standard InChI is InChI=1S/C20H15F3N6OS/c21-20(22,23)11-5-8-29(9-6-11)19(30)16-13-4-3-12(10-15(13)31-28-16)25-18-17-14(26-27-18)2-1-7-24-17/h3-4,7,10-11H,5-6,8-9H2,(H2,25,26,27). The Morgan fingerprint density at radius 3 is 2.87 bits per heavy atom. The number of nitrogens with one attached hydrogen (secondary N) is 2. The predicted octanol–water partition coefficient (Wildman–Crippen LogP) is 2.86. The number of rotatable bonds is 3. The van der Waals surface area contributed by atoms with Crippen molar-refractivity contribution in [3.8, 4) is 0 Å². The van der Waals surface area contributed by atoms with Crippen molar-refractivity contribution in [2.45, 2.75) is 19.0 Å². The zero-order valence-electron chi connectivity index (χ0n) is 16.0. The highest BCUT2D eigenvalue weighted by molar-refractivity contribution is 7.13. The van der Waals surface area contributed by atoms with Crippen molar-refractivity contribution in [3.63, 3.8) is 0 Å². The lowest BCUT2D eigenvalue weighted by Gasteiger charge is -2.32. The number of hydrogen-bond acceptors (Lipinski definition) is 6. The van der Waals surface area contributed by atoms with Crippen LogP contribution in [0.3, 0.4) is 0 Å². The second kappa shape index (κ2) is 7.39. The van der Waals surface area contributed by atoms with Crippen molar-refractivity contribution in [2.75, 3.05) is 18.4 Å². The summed E-state index contributed by atoms with van der Waals surface area (Å²) in [4.78, 5) is 18.5. The molecule has 2 aromatic heterocycles. The fraction of sp³-hybridized carbons (Fsp3) is 0.300. The number of aromatic nitrogens is 3. The number of hydrogen-bond donors (Lipinski definition) is 2. The Balaban J connectivity index is 1.35. The fourth-order valence-corrected chi connectivity index (χ4v) is 4.51. The van der Waals surface area contributed by atoms with Crippen molar-refractivity contribution in [1.82, 2.24) is 19.5 Å². The molecular formula is C20H15F3N6OS. The van der Waals surface area contributed by atoms with Gasteiger partial charge >= 0.3 is 6.18 Å². The lowest BCUT2D eigenvalue weighted by atomic mass is 9.96. The number of piperidine rings is 1. The molecule has 11 heteroatoms. The molecule has 0 aliphatic carbocycles. The molecule has 0 atom stereocenters. The zero-order chi connectivity index (χ0) is 21.6. The van der Waals surface area contributed by atoms with E-state index in [1.54, 1.807) is 12.1 Å². The predicted molar refractivity (Wildman–Crippen MR) is 108 cm³/mol. The number of carbonyl (C=O) groups is 1. The maximum Gasteiger partial charge on any atom is 0.391 e. The van der Waals surface area contributed by atoms with Crippen LogP contribution in [0.2, 0.25) is 0 Å². The number of nitrogens with zero attached hydrogens (tertiary/aromatic N) is 4. The SMILES string of the molecule is O=C(c1nsc2cc(Nc3n[nH]c4c3=NC=C=C=4)ccc12)N1CCC(C(F)(F)F)CC1. The first-order valence-corrected chi connectivity index (χ1v) is 10.3. The molecule has 0 unspecified atom stereocenters. The highest BCUT2D eigenvalue weighted by atomic mass is 32.1. The van der Waals surface area contributed by atoms with E-state index in [-0.39, 0.29) is 37.5 Å². The average molecular weight is 444 g/mol. The van der Waals surface area contributed by atoms with Crippen molar-refractivity contribution < 1.29 is 18.0 Å². The Bertz CT molecular complexity index is 1370. The summed E-state index contributed by atoms with van der Waals surface area (Å²) in [7, 11) is 0. The van der Waals surface area contributed by atoms with Crippen LogP contribution in [0.25, 0.3) is 15.8 Å². The van der Waals surface area contributed by atoms with Crippen molar-refractivity contribution >= 4 is 44.8 Å². The van der Waals surface area contributed by atoms with E-state index in [9.17, 15) is 18.0 Å². The first kappa shape index (κ1) is 19.6. The third kappa shape index (κ3) is 3.63. The molecule has 1 amide bonds. The molecule has 0 radical (unpaired) electrons. The molecule has 158 valence electrons. The first-order valence-electron chi connectivity index (χ1n) is 9.55. The van der Waals surface area contributed by atoms with Crippen molar-refractivity contribution in [2.24, 2.45) is 10.9 Å². The second-order valence-corrected chi connectivity index (χ2v) is 8.10. The summed E-state index contributed by atoms with van der Waals surface area (Å²) < 4.78 is 43.7. The number of H-pyrrole nitrogens is 1. The van der Waals surface area contributed by atoms with E-state index in [1.807, 2.05) is 6.07 Å². The molecule has 2 aliphatic heterocycles. The third-order valence-corrected chi connectivity index (χ3v) is 6.19. The van der Waals surface area contributed by atoms with Crippen LogP contribution >= 0.6 is 11.5 Å². The fourth-order valence-electron chi connectivity index (χ4n) is 3.70. The Kier molecular flexibility index (Phi) is 4.66. The summed E-state index contributed by atoms with van der Waals surface area (Å²) in [6, 6.07) is 5.42. The quantitative estimate of drug-likeness (QED) is 0.609. The lowest BCUT2D eigenvalue weighted by molar-refractivity contribution is -0.183. The first-order chi connectivity index (χ1) is 14.9. The van der Waals surface area contributed by atoms with Crippen LogP contribution in [0.15, 0.2) is 35.1 Å². The molecule has 2 aliphatic rings. The molecular weight excluding hydrogens is 429 g/mol. The summed E-state index contributed by atoms with van der Waals surface area (Å²) >= 11 is 1.17. The van der Waals surface area contributed by atoms with Gasteiger partial charge in [0.25, 0.3) is 5.91 Å². The number of benzene rings is 1. The Labute approximate surface area is 177 Å². The number of aromatic amines is 1. The molecule has 3 aromatic rings. The Morgan fingerprint density at radius 2 is 2.10 bits per heavy atom. The Morgan fingerprint density at radius 1 is 1.29 bits per heavy atom. The summed E-state index contributed by atoms with van der Waals surface area (Å²) in [6.07, 6.45) is -2.86. The molecule has 0 saturated carbocycles. The van der Waals surface area contributed by atoms with E-state index in [2.05, 4.69) is 36.3 Å². The minimum absolute atomic E-state index is 0.0772. The highest BCUT2D eigenvalue weighted by Crippen LogP contribution is 2.35. The molecule has 2 N–H and O–H groups in total. The second-order valence-electron chi connectivity index (χ2n) is 7.30. The number of likely N-dealkylation sites (tertiary alicyclic amines) is 1. The van der Waals surface area contributed by atoms with E-state index in [0.717, 1.165) is 10.4 Å². The summed E-state index contributed by atoms with van der Waals surface area (Å²) in [5.74, 6) is -1.14. The van der Waals surface area contributed by atoms with E-state index < -0.39 is 12.1 Å². The molecule has 1 fully saturated rings. The number of anilines is 2. The molecule has 4 heterocycles. The molecule has 7 nitrogen and oxygen atoms in total. The minimum atomic E-state index is -4.21. The average Bonchev–Trinajstić information content (AvgIpc) is 3.37. The Hall–Kier alpha value is -3.39. The smallest absolute Gasteiger partial charge is 0.337 e. The van der Waals surface area contributed by atoms with E-state index >= 15 is 0 Å². The zero-order valence-corrected chi connectivity index (χ0v) is 16.8. The molecule has 0 bridgehead atoms. The molecule has 0 spiro atoms.